The molecule has 90 valence electrons. The zero-order chi connectivity index (χ0) is 12.0. The summed E-state index contributed by atoms with van der Waals surface area (Å²) < 4.78 is 5.26. The SMILES string of the molecule is CCCCCSCc1cc(C)c(C(=O)O)o1. The Morgan fingerprint density at radius 1 is 1.50 bits per heavy atom. The molecule has 0 aliphatic heterocycles. The van der Waals surface area contributed by atoms with Crippen LogP contribution in [0.5, 0.6) is 0 Å². The molecule has 0 saturated heterocycles. The summed E-state index contributed by atoms with van der Waals surface area (Å²) in [5, 5.41) is 8.82. The van der Waals surface area contributed by atoms with Gasteiger partial charge in [-0.25, -0.2) is 4.79 Å². The molecule has 0 aliphatic carbocycles. The molecule has 0 fully saturated rings. The lowest BCUT2D eigenvalue weighted by molar-refractivity contribution is 0.0659. The highest BCUT2D eigenvalue weighted by Gasteiger charge is 2.13. The number of carbonyl (C=O) groups is 1. The summed E-state index contributed by atoms with van der Waals surface area (Å²) in [6.07, 6.45) is 3.70. The maximum Gasteiger partial charge on any atom is 0.372 e. The van der Waals surface area contributed by atoms with Crippen LogP contribution < -0.4 is 0 Å². The monoisotopic (exact) mass is 242 g/mol. The number of rotatable bonds is 7. The molecule has 0 aromatic carbocycles. The fourth-order valence-corrected chi connectivity index (χ4v) is 2.35. The summed E-state index contributed by atoms with van der Waals surface area (Å²) in [6.45, 7) is 3.94. The highest BCUT2D eigenvalue weighted by Crippen LogP contribution is 2.20. The first-order valence-corrected chi connectivity index (χ1v) is 6.71. The molecule has 3 nitrogen and oxygen atoms in total. The van der Waals surface area contributed by atoms with Gasteiger partial charge < -0.3 is 9.52 Å². The molecule has 16 heavy (non-hydrogen) atoms. The van der Waals surface area contributed by atoms with Gasteiger partial charge in [-0.05, 0) is 25.2 Å². The summed E-state index contributed by atoms with van der Waals surface area (Å²) in [6, 6.07) is 1.82. The van der Waals surface area contributed by atoms with Crippen molar-refractivity contribution in [3.05, 3.63) is 23.2 Å². The van der Waals surface area contributed by atoms with E-state index in [9.17, 15) is 4.79 Å². The highest BCUT2D eigenvalue weighted by molar-refractivity contribution is 7.98. The van der Waals surface area contributed by atoms with Gasteiger partial charge in [-0.3, -0.25) is 0 Å². The van der Waals surface area contributed by atoms with E-state index in [1.807, 2.05) is 6.07 Å². The molecule has 4 heteroatoms. The second kappa shape index (κ2) is 6.63. The van der Waals surface area contributed by atoms with Gasteiger partial charge in [-0.2, -0.15) is 11.8 Å². The normalized spacial score (nSPS) is 10.6. The third-order valence-electron chi connectivity index (χ3n) is 2.30. The largest absolute Gasteiger partial charge is 0.475 e. The lowest BCUT2D eigenvalue weighted by Crippen LogP contribution is -1.94. The minimum absolute atomic E-state index is 0.0733. The zero-order valence-corrected chi connectivity index (χ0v) is 10.6. The molecule has 0 saturated carbocycles. The average Bonchev–Trinajstić information content (AvgIpc) is 2.59. The Labute approximate surface area is 100 Å². The molecule has 0 radical (unpaired) electrons. The van der Waals surface area contributed by atoms with E-state index in [2.05, 4.69) is 6.92 Å². The maximum absolute atomic E-state index is 10.7. The number of hydrogen-bond acceptors (Lipinski definition) is 3. The maximum atomic E-state index is 10.7. The van der Waals surface area contributed by atoms with Gasteiger partial charge >= 0.3 is 5.97 Å². The van der Waals surface area contributed by atoms with Crippen molar-refractivity contribution in [2.24, 2.45) is 0 Å². The molecule has 1 aromatic heterocycles. The molecule has 0 atom stereocenters. The number of hydrogen-bond donors (Lipinski definition) is 1. The summed E-state index contributed by atoms with van der Waals surface area (Å²) in [7, 11) is 0. The summed E-state index contributed by atoms with van der Waals surface area (Å²) >= 11 is 1.79. The van der Waals surface area contributed by atoms with Gasteiger partial charge in [0.15, 0.2) is 0 Å². The minimum atomic E-state index is -0.986. The van der Waals surface area contributed by atoms with Crippen LogP contribution in [0.4, 0.5) is 0 Å². The zero-order valence-electron chi connectivity index (χ0n) is 9.78. The van der Waals surface area contributed by atoms with E-state index in [4.69, 9.17) is 9.52 Å². The second-order valence-electron chi connectivity index (χ2n) is 3.79. The van der Waals surface area contributed by atoms with Gasteiger partial charge in [0.05, 0.1) is 5.75 Å². The van der Waals surface area contributed by atoms with Gasteiger partial charge in [-0.15, -0.1) is 0 Å². The van der Waals surface area contributed by atoms with Gasteiger partial charge in [0.1, 0.15) is 5.76 Å². The van der Waals surface area contributed by atoms with Crippen LogP contribution in [0.2, 0.25) is 0 Å². The quantitative estimate of drug-likeness (QED) is 0.740. The number of carboxylic acids is 1. The lowest BCUT2D eigenvalue weighted by Gasteiger charge is -1.97. The Kier molecular flexibility index (Phi) is 5.46. The first-order valence-electron chi connectivity index (χ1n) is 5.55. The molecule has 1 rings (SSSR count). The van der Waals surface area contributed by atoms with Crippen molar-refractivity contribution in [1.82, 2.24) is 0 Å². The standard InChI is InChI=1S/C12H18O3S/c1-3-4-5-6-16-8-10-7-9(2)11(15-10)12(13)14/h7H,3-6,8H2,1-2H3,(H,13,14). The van der Waals surface area contributed by atoms with Crippen LogP contribution in [-0.4, -0.2) is 16.8 Å². The molecular weight excluding hydrogens is 224 g/mol. The number of aryl methyl sites for hydroxylation is 1. The summed E-state index contributed by atoms with van der Waals surface area (Å²) in [4.78, 5) is 10.7. The van der Waals surface area contributed by atoms with Crippen molar-refractivity contribution in [3.8, 4) is 0 Å². The molecule has 1 N–H and O–H groups in total. The molecule has 1 heterocycles. The summed E-state index contributed by atoms with van der Waals surface area (Å²) in [5.74, 6) is 1.72. The van der Waals surface area contributed by atoms with Crippen LogP contribution in [0, 0.1) is 6.92 Å². The van der Waals surface area contributed by atoms with Crippen LogP contribution >= 0.6 is 11.8 Å². The fraction of sp³-hybridized carbons (Fsp3) is 0.583. The van der Waals surface area contributed by atoms with E-state index in [1.54, 1.807) is 18.7 Å². The van der Waals surface area contributed by atoms with Gasteiger partial charge in [0.25, 0.3) is 0 Å². The first kappa shape index (κ1) is 13.2. The third kappa shape index (κ3) is 3.93. The van der Waals surface area contributed by atoms with Crippen LogP contribution in [0.25, 0.3) is 0 Å². The molecule has 0 bridgehead atoms. The Hall–Kier alpha value is -0.900. The number of unbranched alkanes of at least 4 members (excludes halogenated alkanes) is 2. The van der Waals surface area contributed by atoms with Gasteiger partial charge in [0.2, 0.25) is 5.76 Å². The fourth-order valence-electron chi connectivity index (χ4n) is 1.46. The molecule has 0 spiro atoms. The Morgan fingerprint density at radius 2 is 2.25 bits per heavy atom. The number of furan rings is 1. The topological polar surface area (TPSA) is 50.4 Å². The van der Waals surface area contributed by atoms with E-state index in [0.29, 0.717) is 5.56 Å². The molecule has 1 aromatic rings. The molecule has 0 aliphatic rings. The molecule has 0 amide bonds. The van der Waals surface area contributed by atoms with Crippen LogP contribution in [-0.2, 0) is 5.75 Å². The van der Waals surface area contributed by atoms with E-state index in [-0.39, 0.29) is 5.76 Å². The average molecular weight is 242 g/mol. The van der Waals surface area contributed by atoms with Crippen molar-refractivity contribution >= 4 is 17.7 Å². The van der Waals surface area contributed by atoms with Crippen molar-refractivity contribution in [2.75, 3.05) is 5.75 Å². The number of aromatic carboxylic acids is 1. The van der Waals surface area contributed by atoms with E-state index < -0.39 is 5.97 Å². The van der Waals surface area contributed by atoms with Crippen LogP contribution in [0.15, 0.2) is 10.5 Å². The van der Waals surface area contributed by atoms with E-state index in [1.165, 1.54) is 19.3 Å². The van der Waals surface area contributed by atoms with E-state index >= 15 is 0 Å². The predicted octanol–water partition coefficient (Wildman–Crippen LogP) is 3.71. The van der Waals surface area contributed by atoms with Crippen molar-refractivity contribution in [1.29, 1.82) is 0 Å². The van der Waals surface area contributed by atoms with E-state index in [0.717, 1.165) is 17.3 Å². The third-order valence-corrected chi connectivity index (χ3v) is 3.37. The Bertz CT molecular complexity index is 344. The minimum Gasteiger partial charge on any atom is -0.475 e. The smallest absolute Gasteiger partial charge is 0.372 e. The molecular formula is C12H18O3S. The first-order chi connectivity index (χ1) is 7.65. The highest BCUT2D eigenvalue weighted by atomic mass is 32.2. The molecule has 0 unspecified atom stereocenters. The number of carboxylic acid groups (broad SMARTS) is 1. The number of thioether (sulfide) groups is 1. The van der Waals surface area contributed by atoms with Crippen molar-refractivity contribution in [3.63, 3.8) is 0 Å². The summed E-state index contributed by atoms with van der Waals surface area (Å²) in [5.41, 5.74) is 0.705. The van der Waals surface area contributed by atoms with Crippen LogP contribution in [0.1, 0.15) is 48.1 Å². The van der Waals surface area contributed by atoms with Gasteiger partial charge in [0, 0.05) is 5.56 Å². The van der Waals surface area contributed by atoms with Gasteiger partial charge in [-0.1, -0.05) is 19.8 Å². The van der Waals surface area contributed by atoms with Crippen LogP contribution in [0.3, 0.4) is 0 Å². The van der Waals surface area contributed by atoms with Crippen molar-refractivity contribution in [2.45, 2.75) is 38.9 Å². The lowest BCUT2D eigenvalue weighted by atomic mass is 10.3. The predicted molar refractivity (Wildman–Crippen MR) is 66.1 cm³/mol. The van der Waals surface area contributed by atoms with Crippen molar-refractivity contribution < 1.29 is 14.3 Å². The Balaban J connectivity index is 2.37. The Morgan fingerprint density at radius 3 is 2.81 bits per heavy atom. The second-order valence-corrected chi connectivity index (χ2v) is 4.89.